The van der Waals surface area contributed by atoms with Crippen LogP contribution in [-0.4, -0.2) is 34.0 Å². The van der Waals surface area contributed by atoms with Crippen LogP contribution in [0.25, 0.3) is 0 Å². The Morgan fingerprint density at radius 2 is 2.29 bits per heavy atom. The van der Waals surface area contributed by atoms with Gasteiger partial charge in [0, 0.05) is 13.6 Å². The van der Waals surface area contributed by atoms with Gasteiger partial charge < -0.3 is 9.47 Å². The molecule has 1 aliphatic rings. The SMILES string of the molecule is CN1CCC(n2cnc(I)c2I)C1=O. The second-order valence-electron chi connectivity index (χ2n) is 3.30. The third-order valence-electron chi connectivity index (χ3n) is 2.43. The lowest BCUT2D eigenvalue weighted by atomic mass is 10.2. The summed E-state index contributed by atoms with van der Waals surface area (Å²) in [7, 11) is 1.84. The van der Waals surface area contributed by atoms with E-state index in [4.69, 9.17) is 0 Å². The van der Waals surface area contributed by atoms with Crippen LogP contribution < -0.4 is 0 Å². The Kier molecular flexibility index (Phi) is 3.01. The number of likely N-dealkylation sites (tertiary alicyclic amines) is 1. The molecule has 0 spiro atoms. The highest BCUT2D eigenvalue weighted by Gasteiger charge is 2.31. The zero-order valence-corrected chi connectivity index (χ0v) is 11.9. The molecule has 0 N–H and O–H groups in total. The molecule has 1 aromatic heterocycles. The molecule has 6 heteroatoms. The predicted molar refractivity (Wildman–Crippen MR) is 69.0 cm³/mol. The molecular formula is C8H9I2N3O. The van der Waals surface area contributed by atoms with Gasteiger partial charge in [0.2, 0.25) is 5.91 Å². The highest BCUT2D eigenvalue weighted by Crippen LogP contribution is 2.25. The molecule has 2 rings (SSSR count). The van der Waals surface area contributed by atoms with Crippen LogP contribution in [0.1, 0.15) is 12.5 Å². The number of carbonyl (C=O) groups excluding carboxylic acids is 1. The van der Waals surface area contributed by atoms with Crippen molar-refractivity contribution in [1.29, 1.82) is 0 Å². The van der Waals surface area contributed by atoms with E-state index >= 15 is 0 Å². The van der Waals surface area contributed by atoms with Crippen LogP contribution in [0.5, 0.6) is 0 Å². The lowest BCUT2D eigenvalue weighted by Gasteiger charge is -2.12. The molecule has 1 atom stereocenters. The molecule has 0 saturated carbocycles. The third-order valence-corrected chi connectivity index (χ3v) is 5.32. The van der Waals surface area contributed by atoms with Crippen LogP contribution in [0.2, 0.25) is 0 Å². The van der Waals surface area contributed by atoms with E-state index in [1.807, 2.05) is 11.6 Å². The zero-order chi connectivity index (χ0) is 10.3. The summed E-state index contributed by atoms with van der Waals surface area (Å²) in [6, 6.07) is -0.0390. The molecule has 1 amide bonds. The Morgan fingerprint density at radius 3 is 2.71 bits per heavy atom. The Bertz CT molecular complexity index is 377. The summed E-state index contributed by atoms with van der Waals surface area (Å²) in [5.41, 5.74) is 0. The van der Waals surface area contributed by atoms with Crippen LogP contribution in [0, 0.1) is 7.40 Å². The van der Waals surface area contributed by atoms with E-state index in [0.29, 0.717) is 0 Å². The van der Waals surface area contributed by atoms with E-state index in [9.17, 15) is 4.79 Å². The quantitative estimate of drug-likeness (QED) is 0.651. The molecule has 1 unspecified atom stereocenters. The summed E-state index contributed by atoms with van der Waals surface area (Å²) in [5, 5.41) is 0. The molecule has 1 fully saturated rings. The van der Waals surface area contributed by atoms with Gasteiger partial charge in [-0.3, -0.25) is 4.79 Å². The van der Waals surface area contributed by atoms with E-state index in [1.54, 1.807) is 11.2 Å². The number of amides is 1. The molecule has 1 aromatic rings. The minimum absolute atomic E-state index is 0.0390. The molecule has 0 radical (unpaired) electrons. The fraction of sp³-hybridized carbons (Fsp3) is 0.500. The molecule has 1 saturated heterocycles. The normalized spacial score (nSPS) is 22.1. The van der Waals surface area contributed by atoms with Gasteiger partial charge in [0.05, 0.1) is 6.33 Å². The average molecular weight is 417 g/mol. The first-order valence-electron chi connectivity index (χ1n) is 4.24. The Hall–Kier alpha value is 0.140. The molecule has 1 aliphatic heterocycles. The van der Waals surface area contributed by atoms with Crippen molar-refractivity contribution in [2.24, 2.45) is 0 Å². The van der Waals surface area contributed by atoms with Crippen LogP contribution in [-0.2, 0) is 4.79 Å². The molecule has 76 valence electrons. The minimum atomic E-state index is -0.0390. The van der Waals surface area contributed by atoms with Crippen LogP contribution >= 0.6 is 45.2 Å². The maximum atomic E-state index is 11.7. The predicted octanol–water partition coefficient (Wildman–Crippen LogP) is 1.50. The first kappa shape index (κ1) is 10.7. The van der Waals surface area contributed by atoms with E-state index in [-0.39, 0.29) is 11.9 Å². The Balaban J connectivity index is 2.32. The number of carbonyl (C=O) groups is 1. The summed E-state index contributed by atoms with van der Waals surface area (Å²) in [4.78, 5) is 17.7. The summed E-state index contributed by atoms with van der Waals surface area (Å²) in [5.74, 6) is 0.191. The van der Waals surface area contributed by atoms with Crippen LogP contribution in [0.15, 0.2) is 6.33 Å². The summed E-state index contributed by atoms with van der Waals surface area (Å²) < 4.78 is 3.98. The topological polar surface area (TPSA) is 38.1 Å². The summed E-state index contributed by atoms with van der Waals surface area (Å²) >= 11 is 4.41. The second kappa shape index (κ2) is 3.95. The Labute approximate surface area is 109 Å². The number of aromatic nitrogens is 2. The van der Waals surface area contributed by atoms with Crippen molar-refractivity contribution in [2.45, 2.75) is 12.5 Å². The third kappa shape index (κ3) is 1.66. The van der Waals surface area contributed by atoms with Gasteiger partial charge in [-0.2, -0.15) is 0 Å². The fourth-order valence-electron chi connectivity index (χ4n) is 1.60. The first-order valence-corrected chi connectivity index (χ1v) is 6.40. The van der Waals surface area contributed by atoms with Crippen LogP contribution in [0.3, 0.4) is 0 Å². The van der Waals surface area contributed by atoms with E-state index in [1.165, 1.54) is 0 Å². The van der Waals surface area contributed by atoms with Crippen molar-refractivity contribution in [3.05, 3.63) is 13.7 Å². The summed E-state index contributed by atoms with van der Waals surface area (Å²) in [6.07, 6.45) is 2.64. The molecule has 0 aliphatic carbocycles. The summed E-state index contributed by atoms with van der Waals surface area (Å²) in [6.45, 7) is 0.842. The van der Waals surface area contributed by atoms with Gasteiger partial charge >= 0.3 is 0 Å². The number of halogens is 2. The molecule has 0 aromatic carbocycles. The Morgan fingerprint density at radius 1 is 1.57 bits per heavy atom. The fourth-order valence-corrected chi connectivity index (χ4v) is 2.61. The van der Waals surface area contributed by atoms with Gasteiger partial charge in [-0.15, -0.1) is 0 Å². The smallest absolute Gasteiger partial charge is 0.245 e. The highest BCUT2D eigenvalue weighted by atomic mass is 127. The van der Waals surface area contributed by atoms with Crippen molar-refractivity contribution in [1.82, 2.24) is 14.5 Å². The molecule has 4 nitrogen and oxygen atoms in total. The largest absolute Gasteiger partial charge is 0.344 e. The van der Waals surface area contributed by atoms with Crippen molar-refractivity contribution in [3.63, 3.8) is 0 Å². The minimum Gasteiger partial charge on any atom is -0.344 e. The van der Waals surface area contributed by atoms with Gasteiger partial charge in [0.25, 0.3) is 0 Å². The first-order chi connectivity index (χ1) is 6.61. The van der Waals surface area contributed by atoms with E-state index in [2.05, 4.69) is 50.2 Å². The molecule has 14 heavy (non-hydrogen) atoms. The van der Waals surface area contributed by atoms with Gasteiger partial charge in [0.15, 0.2) is 0 Å². The van der Waals surface area contributed by atoms with Crippen molar-refractivity contribution in [3.8, 4) is 0 Å². The van der Waals surface area contributed by atoms with Crippen LogP contribution in [0.4, 0.5) is 0 Å². The van der Waals surface area contributed by atoms with Crippen molar-refractivity contribution in [2.75, 3.05) is 13.6 Å². The number of hydrogen-bond donors (Lipinski definition) is 0. The lowest BCUT2D eigenvalue weighted by molar-refractivity contribution is -0.129. The van der Waals surface area contributed by atoms with Gasteiger partial charge in [-0.25, -0.2) is 4.98 Å². The van der Waals surface area contributed by atoms with Crippen molar-refractivity contribution < 1.29 is 4.79 Å². The maximum Gasteiger partial charge on any atom is 0.245 e. The number of hydrogen-bond acceptors (Lipinski definition) is 2. The zero-order valence-electron chi connectivity index (χ0n) is 7.57. The monoisotopic (exact) mass is 417 g/mol. The number of likely N-dealkylation sites (N-methyl/N-ethyl adjacent to an activating group) is 1. The van der Waals surface area contributed by atoms with Crippen molar-refractivity contribution >= 4 is 51.1 Å². The van der Waals surface area contributed by atoms with E-state index < -0.39 is 0 Å². The average Bonchev–Trinajstić information content (AvgIpc) is 2.63. The number of rotatable bonds is 1. The number of nitrogens with zero attached hydrogens (tertiary/aromatic N) is 3. The lowest BCUT2D eigenvalue weighted by Crippen LogP contribution is -2.24. The number of imidazole rings is 1. The van der Waals surface area contributed by atoms with Gasteiger partial charge in [-0.05, 0) is 51.6 Å². The molecular weight excluding hydrogens is 408 g/mol. The second-order valence-corrected chi connectivity index (χ2v) is 5.34. The van der Waals surface area contributed by atoms with Gasteiger partial charge in [-0.1, -0.05) is 0 Å². The molecule has 0 bridgehead atoms. The standard InChI is InChI=1S/C8H9I2N3O/c1-12-3-2-5(8(12)14)13-4-11-6(9)7(13)10/h4-5H,2-3H2,1H3. The van der Waals surface area contributed by atoms with E-state index in [0.717, 1.165) is 20.4 Å². The maximum absolute atomic E-state index is 11.7. The van der Waals surface area contributed by atoms with Gasteiger partial charge in [0.1, 0.15) is 13.4 Å². The molecule has 2 heterocycles. The highest BCUT2D eigenvalue weighted by molar-refractivity contribution is 14.1.